The van der Waals surface area contributed by atoms with Crippen LogP contribution in [0.4, 0.5) is 4.39 Å². The highest BCUT2D eigenvalue weighted by atomic mass is 79.9. The molecule has 4 rings (SSSR count). The molecule has 156 valence electrons. The Bertz CT molecular complexity index is 1330. The van der Waals surface area contributed by atoms with Crippen LogP contribution in [0.3, 0.4) is 0 Å². The highest BCUT2D eigenvalue weighted by Gasteiger charge is 2.12. The number of pyridine rings is 1. The van der Waals surface area contributed by atoms with Gasteiger partial charge in [0.15, 0.2) is 24.7 Å². The van der Waals surface area contributed by atoms with Crippen LogP contribution in [0.1, 0.15) is 21.5 Å². The maximum Gasteiger partial charge on any atom is 0.347 e. The number of benzene rings is 2. The lowest BCUT2D eigenvalue weighted by atomic mass is 10.1. The van der Waals surface area contributed by atoms with Gasteiger partial charge in [-0.25, -0.2) is 13.8 Å². The molecule has 2 aromatic heterocycles. The Labute approximate surface area is 192 Å². The van der Waals surface area contributed by atoms with E-state index in [4.69, 9.17) is 4.42 Å². The largest absolute Gasteiger partial charge is 1.00 e. The van der Waals surface area contributed by atoms with E-state index in [0.29, 0.717) is 23.1 Å². The van der Waals surface area contributed by atoms with Gasteiger partial charge in [0.25, 0.3) is 0 Å². The number of carbonyl (C=O) groups is 1. The van der Waals surface area contributed by atoms with Crippen LogP contribution in [-0.4, -0.2) is 5.78 Å². The molecule has 7 heteroatoms. The van der Waals surface area contributed by atoms with E-state index < -0.39 is 11.4 Å². The summed E-state index contributed by atoms with van der Waals surface area (Å²) in [6, 6.07) is 17.0. The third kappa shape index (κ3) is 5.34. The van der Waals surface area contributed by atoms with E-state index in [0.717, 1.165) is 10.0 Å². The quantitative estimate of drug-likeness (QED) is 0.182. The van der Waals surface area contributed by atoms with Gasteiger partial charge < -0.3 is 16.8 Å². The van der Waals surface area contributed by atoms with E-state index >= 15 is 0 Å². The van der Waals surface area contributed by atoms with E-state index in [1.165, 1.54) is 18.2 Å². The van der Waals surface area contributed by atoms with Gasteiger partial charge >= 0.3 is 5.63 Å². The Kier molecular flexibility index (Phi) is 7.15. The first-order valence-corrected chi connectivity index (χ1v) is 9.97. The third-order valence-corrected chi connectivity index (χ3v) is 5.11. The van der Waals surface area contributed by atoms with Crippen LogP contribution >= 0.6 is 15.9 Å². The van der Waals surface area contributed by atoms with Crippen molar-refractivity contribution in [3.8, 4) is 0 Å². The van der Waals surface area contributed by atoms with Crippen LogP contribution < -0.4 is 22.6 Å². The third-order valence-electron chi connectivity index (χ3n) is 4.61. The first-order valence-electron chi connectivity index (χ1n) is 9.18. The number of halogens is 3. The van der Waals surface area contributed by atoms with Crippen molar-refractivity contribution < 1.29 is 30.6 Å². The van der Waals surface area contributed by atoms with E-state index in [9.17, 15) is 14.0 Å². The molecule has 0 aliphatic carbocycles. The van der Waals surface area contributed by atoms with Crippen molar-refractivity contribution in [2.45, 2.75) is 6.54 Å². The van der Waals surface area contributed by atoms with Crippen LogP contribution in [0.5, 0.6) is 0 Å². The van der Waals surface area contributed by atoms with E-state index in [1.54, 1.807) is 54.9 Å². The van der Waals surface area contributed by atoms with E-state index in [1.807, 2.05) is 16.7 Å². The van der Waals surface area contributed by atoms with Crippen molar-refractivity contribution in [1.82, 2.24) is 0 Å². The number of rotatable bonds is 5. The second-order valence-corrected chi connectivity index (χ2v) is 7.64. The highest BCUT2D eigenvalue weighted by Crippen LogP contribution is 2.19. The number of fused-ring (bicyclic) bond motifs is 1. The second-order valence-electron chi connectivity index (χ2n) is 6.72. The summed E-state index contributed by atoms with van der Waals surface area (Å²) < 4.78 is 21.7. The highest BCUT2D eigenvalue weighted by molar-refractivity contribution is 9.10. The molecule has 0 aliphatic rings. The Morgan fingerprint density at radius 3 is 2.55 bits per heavy atom. The van der Waals surface area contributed by atoms with Crippen LogP contribution in [0.2, 0.25) is 0 Å². The van der Waals surface area contributed by atoms with Gasteiger partial charge in [0, 0.05) is 22.0 Å². The first kappa shape index (κ1) is 22.6. The molecule has 0 bridgehead atoms. The van der Waals surface area contributed by atoms with Crippen LogP contribution in [0.15, 0.2) is 92.8 Å². The molecule has 31 heavy (non-hydrogen) atoms. The molecule has 4 nitrogen and oxygen atoms in total. The first-order chi connectivity index (χ1) is 14.5. The molecule has 0 atom stereocenters. The molecular weight excluding hydrogens is 485 g/mol. The molecule has 4 aromatic rings. The normalized spacial score (nSPS) is 10.9. The number of hydrogen-bond acceptors (Lipinski definition) is 3. The number of carbonyl (C=O) groups excluding carboxylic acids is 1. The Balaban J connectivity index is 0.00000272. The number of ketones is 1. The van der Waals surface area contributed by atoms with Gasteiger partial charge in [0.05, 0.1) is 5.56 Å². The summed E-state index contributed by atoms with van der Waals surface area (Å²) in [6.07, 6.45) is 6.57. The number of hydrogen-bond donors (Lipinski definition) is 0. The standard InChI is InChI=1S/C24H16BrFNO3.ClH/c25-19-6-8-23-18(13-19)14-20(24(29)30-23)22(28)7-5-16-9-11-27(12-10-16)15-17-3-1-2-4-21(17)26;/h1-14H,15H2;1H/q+1;/p-1/b7-5+;. The molecule has 0 amide bonds. The minimum absolute atomic E-state index is 0. The fourth-order valence-corrected chi connectivity index (χ4v) is 3.42. The molecule has 0 fully saturated rings. The second kappa shape index (κ2) is 9.81. The summed E-state index contributed by atoms with van der Waals surface area (Å²) in [5.41, 5.74) is 1.10. The van der Waals surface area contributed by atoms with Gasteiger partial charge in [-0.3, -0.25) is 4.79 Å². The maximum absolute atomic E-state index is 13.8. The molecule has 0 aliphatic heterocycles. The van der Waals surface area contributed by atoms with Gasteiger partial charge in [0.2, 0.25) is 0 Å². The van der Waals surface area contributed by atoms with Crippen molar-refractivity contribution in [3.05, 3.63) is 117 Å². The summed E-state index contributed by atoms with van der Waals surface area (Å²) in [5, 5.41) is 0.662. The average molecular weight is 501 g/mol. The molecule has 0 radical (unpaired) electrons. The van der Waals surface area contributed by atoms with Crippen molar-refractivity contribution in [2.24, 2.45) is 0 Å². The van der Waals surface area contributed by atoms with Gasteiger partial charge in [-0.1, -0.05) is 34.1 Å². The summed E-state index contributed by atoms with van der Waals surface area (Å²) in [4.78, 5) is 24.7. The lowest BCUT2D eigenvalue weighted by Crippen LogP contribution is -3.00. The zero-order valence-corrected chi connectivity index (χ0v) is 18.4. The molecule has 0 spiro atoms. The Hall–Kier alpha value is -3.09. The van der Waals surface area contributed by atoms with E-state index in [-0.39, 0.29) is 23.8 Å². The lowest BCUT2D eigenvalue weighted by molar-refractivity contribution is -0.688. The molecule has 0 N–H and O–H groups in total. The van der Waals surface area contributed by atoms with Crippen molar-refractivity contribution in [3.63, 3.8) is 0 Å². The zero-order valence-electron chi connectivity index (χ0n) is 16.1. The molecular formula is C24H16BrClFNO3. The average Bonchev–Trinajstić information content (AvgIpc) is 2.74. The van der Waals surface area contributed by atoms with Crippen LogP contribution in [-0.2, 0) is 6.54 Å². The minimum Gasteiger partial charge on any atom is -1.00 e. The molecule has 0 saturated carbocycles. The summed E-state index contributed by atoms with van der Waals surface area (Å²) in [5.74, 6) is -0.686. The fourth-order valence-electron chi connectivity index (χ4n) is 3.04. The van der Waals surface area contributed by atoms with Gasteiger partial charge in [-0.15, -0.1) is 0 Å². The summed E-state index contributed by atoms with van der Waals surface area (Å²) in [7, 11) is 0. The number of allylic oxidation sites excluding steroid dienone is 1. The summed E-state index contributed by atoms with van der Waals surface area (Å²) in [6.45, 7) is 0.406. The minimum atomic E-state index is -0.671. The SMILES string of the molecule is O=C(/C=C/c1cc[n+](Cc2ccccc2F)cc1)c1cc2cc(Br)ccc2oc1=O.[Cl-]. The fraction of sp³-hybridized carbons (Fsp3) is 0.0417. The Morgan fingerprint density at radius 1 is 1.06 bits per heavy atom. The van der Waals surface area contributed by atoms with Crippen LogP contribution in [0, 0.1) is 5.82 Å². The lowest BCUT2D eigenvalue weighted by Gasteiger charge is -2.01. The smallest absolute Gasteiger partial charge is 0.347 e. The number of aromatic nitrogens is 1. The maximum atomic E-state index is 13.8. The van der Waals surface area contributed by atoms with Gasteiger partial charge in [-0.2, -0.15) is 0 Å². The van der Waals surface area contributed by atoms with Crippen molar-refractivity contribution in [2.75, 3.05) is 0 Å². The predicted molar refractivity (Wildman–Crippen MR) is 116 cm³/mol. The van der Waals surface area contributed by atoms with Crippen LogP contribution in [0.25, 0.3) is 17.0 Å². The molecule has 2 aromatic carbocycles. The monoisotopic (exact) mass is 499 g/mol. The number of nitrogens with zero attached hydrogens (tertiary/aromatic N) is 1. The topological polar surface area (TPSA) is 51.2 Å². The van der Waals surface area contributed by atoms with Gasteiger partial charge in [-0.05, 0) is 48.0 Å². The predicted octanol–water partition coefficient (Wildman–Crippen LogP) is 1.93. The summed E-state index contributed by atoms with van der Waals surface area (Å²) >= 11 is 3.36. The van der Waals surface area contributed by atoms with Gasteiger partial charge in [0.1, 0.15) is 17.0 Å². The molecule has 2 heterocycles. The molecule has 0 unspecified atom stereocenters. The zero-order chi connectivity index (χ0) is 21.1. The Morgan fingerprint density at radius 2 is 1.81 bits per heavy atom. The van der Waals surface area contributed by atoms with Crippen molar-refractivity contribution in [1.29, 1.82) is 0 Å². The van der Waals surface area contributed by atoms with Crippen molar-refractivity contribution >= 4 is 38.8 Å². The van der Waals surface area contributed by atoms with E-state index in [2.05, 4.69) is 15.9 Å². The molecule has 0 saturated heterocycles.